The Morgan fingerprint density at radius 1 is 0.966 bits per heavy atom. The van der Waals surface area contributed by atoms with Gasteiger partial charge in [0.1, 0.15) is 40.7 Å². The summed E-state index contributed by atoms with van der Waals surface area (Å²) in [7, 11) is 1.88. The van der Waals surface area contributed by atoms with E-state index >= 15 is 0 Å². The number of nitrogens with two attached hydrogens (primary N) is 1. The van der Waals surface area contributed by atoms with Gasteiger partial charge in [-0.05, 0) is 69.0 Å². The predicted molar refractivity (Wildman–Crippen MR) is 222 cm³/mol. The molecule has 2 aliphatic rings. The number of amides is 2. The number of carbonyl (C=O) groups is 2. The number of ether oxygens (including phenoxy) is 3. The molecule has 17 heteroatoms. The van der Waals surface area contributed by atoms with Gasteiger partial charge >= 0.3 is 0 Å². The van der Waals surface area contributed by atoms with Gasteiger partial charge in [0.15, 0.2) is 0 Å². The van der Waals surface area contributed by atoms with Gasteiger partial charge in [-0.3, -0.25) is 14.6 Å². The zero-order chi connectivity index (χ0) is 41.7. The van der Waals surface area contributed by atoms with E-state index in [1.807, 2.05) is 43.3 Å². The van der Waals surface area contributed by atoms with E-state index in [2.05, 4.69) is 30.8 Å². The molecular formula is C41H52Cl2N7O7S+. The molecule has 14 nitrogen and oxygen atoms in total. The molecule has 4 heterocycles. The first-order valence-corrected chi connectivity index (χ1v) is 21.6. The molecule has 2 saturated heterocycles. The van der Waals surface area contributed by atoms with Crippen molar-refractivity contribution >= 4 is 55.9 Å². The summed E-state index contributed by atoms with van der Waals surface area (Å²) in [4.78, 5) is 39.5. The van der Waals surface area contributed by atoms with Gasteiger partial charge in [-0.15, -0.1) is 0 Å². The second-order valence-corrected chi connectivity index (χ2v) is 18.3. The Labute approximate surface area is 350 Å². The lowest BCUT2D eigenvalue weighted by Gasteiger charge is -2.43. The first kappa shape index (κ1) is 43.5. The fourth-order valence-electron chi connectivity index (χ4n) is 7.22. The molecule has 2 amide bonds. The summed E-state index contributed by atoms with van der Waals surface area (Å²) in [6.07, 6.45) is 3.33. The van der Waals surface area contributed by atoms with E-state index in [0.717, 1.165) is 23.1 Å². The lowest BCUT2D eigenvalue weighted by atomic mass is 9.89. The Morgan fingerprint density at radius 3 is 2.36 bits per heavy atom. The summed E-state index contributed by atoms with van der Waals surface area (Å²) in [6.45, 7) is 4.25. The highest BCUT2D eigenvalue weighted by atomic mass is 35.5. The van der Waals surface area contributed by atoms with Crippen LogP contribution in [0, 0.1) is 6.92 Å². The van der Waals surface area contributed by atoms with Crippen LogP contribution in [-0.4, -0.2) is 123 Å². The highest BCUT2D eigenvalue weighted by molar-refractivity contribution is 7.89. The summed E-state index contributed by atoms with van der Waals surface area (Å²) in [6, 6.07) is 15.0. The summed E-state index contributed by atoms with van der Waals surface area (Å²) in [5, 5.41) is 0.777. The Morgan fingerprint density at radius 2 is 1.67 bits per heavy atom. The smallest absolute Gasteiger partial charge is 0.244 e. The molecule has 4 aromatic rings. The Balaban J connectivity index is 1.16. The molecule has 0 radical (unpaired) electrons. The zero-order valence-electron chi connectivity index (χ0n) is 33.4. The van der Waals surface area contributed by atoms with Gasteiger partial charge < -0.3 is 34.2 Å². The average Bonchev–Trinajstić information content (AvgIpc) is 3.19. The predicted octanol–water partition coefficient (Wildman–Crippen LogP) is 4.72. The van der Waals surface area contributed by atoms with Gasteiger partial charge in [-0.2, -0.15) is 4.72 Å². The number of quaternary nitrogens is 1. The summed E-state index contributed by atoms with van der Waals surface area (Å²) in [5.41, 5.74) is 7.03. The molecule has 2 fully saturated rings. The minimum Gasteiger partial charge on any atom is -0.487 e. The van der Waals surface area contributed by atoms with Crippen LogP contribution in [0.3, 0.4) is 0 Å². The van der Waals surface area contributed by atoms with Crippen molar-refractivity contribution in [3.8, 4) is 11.5 Å². The minimum atomic E-state index is -4.40. The topological polar surface area (TPSA) is 166 Å². The largest absolute Gasteiger partial charge is 0.487 e. The molecule has 2 aromatic carbocycles. The fourth-order valence-corrected chi connectivity index (χ4v) is 9.52. The van der Waals surface area contributed by atoms with Crippen molar-refractivity contribution in [2.24, 2.45) is 5.73 Å². The van der Waals surface area contributed by atoms with E-state index in [0.29, 0.717) is 47.6 Å². The highest BCUT2D eigenvalue weighted by Crippen LogP contribution is 2.36. The van der Waals surface area contributed by atoms with E-state index in [1.54, 1.807) is 22.1 Å². The standard InChI is InChI=1S/C41H52Cl2N7O7S/c1-28-25-35(56-26-29-9-5-6-17-45-29)30-10-7-12-34(38(30)46-28)57-27-31-32(42)13-14-36(37(31)43)58(53,54)47-41(15-23-55-24-16-41)40(52)49-20-18-48(19-21-49)39(51)33(44)11-8-22-50(2,3)4/h5-7,9-10,12-14,17,25,33,47H,8,11,15-16,18-24,26-27,44H2,1-4H3/q+1/t33-/m0/s1. The van der Waals surface area contributed by atoms with Crippen molar-refractivity contribution in [2.45, 2.75) is 62.3 Å². The molecule has 3 N–H and O–H groups in total. The Hall–Kier alpha value is -4.09. The Kier molecular flexibility index (Phi) is 13.8. The number of halogens is 2. The number of hydrogen-bond acceptors (Lipinski definition) is 10. The number of rotatable bonds is 15. The van der Waals surface area contributed by atoms with Crippen molar-refractivity contribution in [1.29, 1.82) is 0 Å². The number of aromatic nitrogens is 2. The molecule has 1 atom stereocenters. The molecule has 0 bridgehead atoms. The third kappa shape index (κ3) is 10.4. The maximum atomic E-state index is 14.3. The number of nitrogens with one attached hydrogen (secondary N) is 1. The number of hydrogen-bond donors (Lipinski definition) is 2. The fraction of sp³-hybridized carbons (Fsp3) is 0.463. The second-order valence-electron chi connectivity index (χ2n) is 15.8. The summed E-state index contributed by atoms with van der Waals surface area (Å²) in [5.74, 6) is 0.494. The molecule has 6 rings (SSSR count). The number of pyridine rings is 2. The summed E-state index contributed by atoms with van der Waals surface area (Å²) >= 11 is 13.5. The van der Waals surface area contributed by atoms with E-state index < -0.39 is 21.6 Å². The number of para-hydroxylation sites is 1. The minimum absolute atomic E-state index is 0.115. The van der Waals surface area contributed by atoms with Gasteiger partial charge in [0.05, 0.1) is 44.4 Å². The number of aryl methyl sites for hydroxylation is 1. The average molecular weight is 858 g/mol. The normalized spacial score (nSPS) is 16.6. The van der Waals surface area contributed by atoms with E-state index in [-0.39, 0.29) is 84.7 Å². The van der Waals surface area contributed by atoms with Crippen molar-refractivity contribution in [1.82, 2.24) is 24.5 Å². The van der Waals surface area contributed by atoms with Crippen LogP contribution in [0.15, 0.2) is 65.7 Å². The van der Waals surface area contributed by atoms with Crippen molar-refractivity contribution in [3.05, 3.63) is 87.8 Å². The third-order valence-electron chi connectivity index (χ3n) is 10.4. The lowest BCUT2D eigenvalue weighted by molar-refractivity contribution is -0.870. The van der Waals surface area contributed by atoms with Crippen LogP contribution in [-0.2, 0) is 37.6 Å². The SMILES string of the molecule is Cc1cc(OCc2ccccn2)c2cccc(OCc3c(Cl)ccc(S(=O)(=O)NC4(C(=O)N5CCN(C(=O)[C@@H](N)CCC[N+](C)(C)C)CC5)CCOCC4)c3Cl)c2n1. The third-order valence-corrected chi connectivity index (χ3v) is 12.9. The van der Waals surface area contributed by atoms with Gasteiger partial charge in [0, 0.05) is 73.3 Å². The van der Waals surface area contributed by atoms with Gasteiger partial charge in [-0.1, -0.05) is 35.3 Å². The van der Waals surface area contributed by atoms with Gasteiger partial charge in [-0.25, -0.2) is 13.4 Å². The molecule has 0 spiro atoms. The molecule has 2 aliphatic heterocycles. The van der Waals surface area contributed by atoms with Crippen LogP contribution in [0.25, 0.3) is 10.9 Å². The number of fused-ring (bicyclic) bond motifs is 1. The van der Waals surface area contributed by atoms with E-state index in [1.165, 1.54) is 12.1 Å². The van der Waals surface area contributed by atoms with Crippen LogP contribution >= 0.6 is 23.2 Å². The van der Waals surface area contributed by atoms with Crippen molar-refractivity contribution in [2.75, 3.05) is 67.1 Å². The number of nitrogens with zero attached hydrogens (tertiary/aromatic N) is 5. The van der Waals surface area contributed by atoms with Gasteiger partial charge in [0.25, 0.3) is 0 Å². The number of benzene rings is 2. The first-order valence-electron chi connectivity index (χ1n) is 19.4. The lowest BCUT2D eigenvalue weighted by Crippen LogP contribution is -2.64. The van der Waals surface area contributed by atoms with Crippen LogP contribution in [0.4, 0.5) is 0 Å². The zero-order valence-corrected chi connectivity index (χ0v) is 35.7. The second kappa shape index (κ2) is 18.4. The van der Waals surface area contributed by atoms with Gasteiger partial charge in [0.2, 0.25) is 21.8 Å². The molecule has 0 aliphatic carbocycles. The van der Waals surface area contributed by atoms with Crippen LogP contribution in [0.1, 0.15) is 42.6 Å². The monoisotopic (exact) mass is 856 g/mol. The number of sulfonamides is 1. The van der Waals surface area contributed by atoms with Crippen LogP contribution < -0.4 is 19.9 Å². The highest BCUT2D eigenvalue weighted by Gasteiger charge is 2.47. The molecular weight excluding hydrogens is 805 g/mol. The van der Waals surface area contributed by atoms with Crippen LogP contribution in [0.5, 0.6) is 11.5 Å². The van der Waals surface area contributed by atoms with Crippen LogP contribution in [0.2, 0.25) is 10.0 Å². The molecule has 2 aromatic heterocycles. The van der Waals surface area contributed by atoms with E-state index in [4.69, 9.17) is 48.1 Å². The molecule has 0 saturated carbocycles. The molecule has 312 valence electrons. The summed E-state index contributed by atoms with van der Waals surface area (Å²) < 4.78 is 50.0. The number of piperazine rings is 1. The first-order chi connectivity index (χ1) is 27.6. The van der Waals surface area contributed by atoms with Crippen molar-refractivity contribution < 1.29 is 36.7 Å². The maximum Gasteiger partial charge on any atom is 0.244 e. The Bertz CT molecular complexity index is 2210. The quantitative estimate of drug-likeness (QED) is 0.160. The maximum absolute atomic E-state index is 14.3. The van der Waals surface area contributed by atoms with Crippen molar-refractivity contribution in [3.63, 3.8) is 0 Å². The van der Waals surface area contributed by atoms with E-state index in [9.17, 15) is 18.0 Å². The molecule has 0 unspecified atom stereocenters. The number of carbonyl (C=O) groups excluding carboxylic acids is 2. The molecule has 58 heavy (non-hydrogen) atoms.